The number of piperidine rings is 2. The van der Waals surface area contributed by atoms with Crippen molar-refractivity contribution in [3.8, 4) is 0 Å². The van der Waals surface area contributed by atoms with Gasteiger partial charge in [-0.2, -0.15) is 0 Å². The van der Waals surface area contributed by atoms with Gasteiger partial charge in [0.05, 0.1) is 0 Å². The quantitative estimate of drug-likeness (QED) is 0.386. The van der Waals surface area contributed by atoms with E-state index in [0.717, 1.165) is 42.0 Å². The van der Waals surface area contributed by atoms with Crippen LogP contribution in [0.2, 0.25) is 0 Å². The number of anilines is 1. The van der Waals surface area contributed by atoms with Crippen LogP contribution in [-0.4, -0.2) is 70.4 Å². The summed E-state index contributed by atoms with van der Waals surface area (Å²) < 4.78 is 0. The van der Waals surface area contributed by atoms with Gasteiger partial charge in [-0.3, -0.25) is 9.69 Å². The van der Waals surface area contributed by atoms with Crippen LogP contribution in [0.5, 0.6) is 0 Å². The standard InChI is InChI=1S/C28H34N4O3S/c1-36-22-8-6-21(7-9-22)30-28(35)32-16-12-20(13-17-32)26(27(33)34)31-14-10-19(11-15-31)24-18-29-25-5-3-2-4-23(24)25/h2-9,18-20,26,29H,10-17H2,1H3,(H,30,35)(H,33,34). The fourth-order valence-electron chi connectivity index (χ4n) is 5.87. The molecule has 0 saturated carbocycles. The SMILES string of the molecule is CSc1ccc(NC(=O)N2CCC(C(C(=O)O)N3CCC(c4c[nH]c5ccccc45)CC3)CC2)cc1. The molecule has 2 aliphatic heterocycles. The van der Waals surface area contributed by atoms with Crippen molar-refractivity contribution >= 4 is 40.4 Å². The first-order valence-electron chi connectivity index (χ1n) is 12.8. The number of aromatic nitrogens is 1. The van der Waals surface area contributed by atoms with Gasteiger partial charge in [-0.15, -0.1) is 11.8 Å². The molecule has 2 aromatic carbocycles. The van der Waals surface area contributed by atoms with Gasteiger partial charge < -0.3 is 20.3 Å². The molecule has 0 aliphatic carbocycles. The summed E-state index contributed by atoms with van der Waals surface area (Å²) in [5.74, 6) is -0.239. The number of aliphatic carboxylic acids is 1. The number of nitrogens with one attached hydrogen (secondary N) is 2. The number of carboxylic acid groups (broad SMARTS) is 1. The maximum Gasteiger partial charge on any atom is 0.321 e. The number of carbonyl (C=O) groups is 2. The number of urea groups is 1. The van der Waals surface area contributed by atoms with E-state index in [9.17, 15) is 14.7 Å². The highest BCUT2D eigenvalue weighted by Gasteiger charge is 2.38. The maximum absolute atomic E-state index is 12.8. The highest BCUT2D eigenvalue weighted by Crippen LogP contribution is 2.35. The Morgan fingerprint density at radius 3 is 2.36 bits per heavy atom. The predicted molar refractivity (Wildman–Crippen MR) is 145 cm³/mol. The zero-order valence-corrected chi connectivity index (χ0v) is 21.5. The maximum atomic E-state index is 12.8. The molecule has 7 nitrogen and oxygen atoms in total. The number of carbonyl (C=O) groups excluding carboxylic acids is 1. The highest BCUT2D eigenvalue weighted by atomic mass is 32.2. The zero-order chi connectivity index (χ0) is 25.1. The van der Waals surface area contributed by atoms with Crippen LogP contribution in [-0.2, 0) is 4.79 Å². The first-order valence-corrected chi connectivity index (χ1v) is 14.0. The van der Waals surface area contributed by atoms with Crippen molar-refractivity contribution in [3.05, 3.63) is 60.3 Å². The molecular formula is C28H34N4O3S. The Morgan fingerprint density at radius 1 is 1.00 bits per heavy atom. The predicted octanol–water partition coefficient (Wildman–Crippen LogP) is 5.47. The van der Waals surface area contributed by atoms with Gasteiger partial charge in [0.25, 0.3) is 0 Å². The molecule has 1 unspecified atom stereocenters. The van der Waals surface area contributed by atoms with Crippen LogP contribution < -0.4 is 5.32 Å². The molecule has 0 bridgehead atoms. The van der Waals surface area contributed by atoms with Crippen LogP contribution in [0.25, 0.3) is 10.9 Å². The largest absolute Gasteiger partial charge is 0.480 e. The van der Waals surface area contributed by atoms with Gasteiger partial charge in [-0.25, -0.2) is 4.79 Å². The Morgan fingerprint density at radius 2 is 1.69 bits per heavy atom. The number of fused-ring (bicyclic) bond motifs is 1. The monoisotopic (exact) mass is 506 g/mol. The Kier molecular flexibility index (Phi) is 7.53. The fourth-order valence-corrected chi connectivity index (χ4v) is 6.28. The molecule has 3 aromatic rings. The van der Waals surface area contributed by atoms with E-state index in [2.05, 4.69) is 39.6 Å². The minimum atomic E-state index is -0.739. The van der Waals surface area contributed by atoms with Crippen molar-refractivity contribution in [2.45, 2.75) is 42.5 Å². The topological polar surface area (TPSA) is 88.7 Å². The molecule has 0 spiro atoms. The first-order chi connectivity index (χ1) is 17.5. The van der Waals surface area contributed by atoms with Crippen LogP contribution in [0.1, 0.15) is 37.2 Å². The van der Waals surface area contributed by atoms with Gasteiger partial charge in [-0.1, -0.05) is 18.2 Å². The smallest absolute Gasteiger partial charge is 0.321 e. The van der Waals surface area contributed by atoms with E-state index in [1.165, 1.54) is 10.9 Å². The van der Waals surface area contributed by atoms with Crippen LogP contribution in [0, 0.1) is 5.92 Å². The number of carboxylic acids is 1. The van der Waals surface area contributed by atoms with E-state index in [1.807, 2.05) is 36.6 Å². The minimum Gasteiger partial charge on any atom is -0.480 e. The average molecular weight is 507 g/mol. The normalized spacial score (nSPS) is 18.9. The summed E-state index contributed by atoms with van der Waals surface area (Å²) in [6, 6.07) is 15.6. The van der Waals surface area contributed by atoms with E-state index >= 15 is 0 Å². The lowest BCUT2D eigenvalue weighted by Gasteiger charge is -2.41. The van der Waals surface area contributed by atoms with Gasteiger partial charge in [0.2, 0.25) is 0 Å². The molecule has 36 heavy (non-hydrogen) atoms. The van der Waals surface area contributed by atoms with Crippen LogP contribution in [0.15, 0.2) is 59.6 Å². The van der Waals surface area contributed by atoms with Gasteiger partial charge in [0.1, 0.15) is 6.04 Å². The van der Waals surface area contributed by atoms with Crippen molar-refractivity contribution in [1.82, 2.24) is 14.8 Å². The summed E-state index contributed by atoms with van der Waals surface area (Å²) in [6.07, 6.45) is 7.48. The minimum absolute atomic E-state index is 0.0528. The van der Waals surface area contributed by atoms with Crippen molar-refractivity contribution in [2.24, 2.45) is 5.92 Å². The number of rotatable bonds is 6. The van der Waals surface area contributed by atoms with Crippen molar-refractivity contribution in [3.63, 3.8) is 0 Å². The van der Waals surface area contributed by atoms with Crippen LogP contribution in [0.3, 0.4) is 0 Å². The third-order valence-electron chi connectivity index (χ3n) is 7.85. The van der Waals surface area contributed by atoms with E-state index in [-0.39, 0.29) is 11.9 Å². The lowest BCUT2D eigenvalue weighted by molar-refractivity contribution is -0.146. The molecule has 3 heterocycles. The fraction of sp³-hybridized carbons (Fsp3) is 0.429. The molecule has 8 heteroatoms. The summed E-state index contributed by atoms with van der Waals surface area (Å²) in [5.41, 5.74) is 3.28. The Hall–Kier alpha value is -2.97. The van der Waals surface area contributed by atoms with E-state index in [4.69, 9.17) is 0 Å². The molecule has 1 atom stereocenters. The van der Waals surface area contributed by atoms with Gasteiger partial charge in [-0.05, 0) is 92.8 Å². The van der Waals surface area contributed by atoms with Crippen LogP contribution in [0.4, 0.5) is 10.5 Å². The number of nitrogens with zero attached hydrogens (tertiary/aromatic N) is 2. The second kappa shape index (κ2) is 11.0. The second-order valence-corrected chi connectivity index (χ2v) is 10.7. The summed E-state index contributed by atoms with van der Waals surface area (Å²) in [5, 5.41) is 14.4. The third kappa shape index (κ3) is 5.25. The number of hydrogen-bond donors (Lipinski definition) is 3. The number of benzene rings is 2. The number of likely N-dealkylation sites (tertiary alicyclic amines) is 2. The van der Waals surface area contributed by atoms with E-state index in [1.54, 1.807) is 16.7 Å². The molecule has 2 fully saturated rings. The summed E-state index contributed by atoms with van der Waals surface area (Å²) >= 11 is 1.66. The molecule has 2 amide bonds. The molecule has 190 valence electrons. The van der Waals surface area contributed by atoms with E-state index < -0.39 is 12.0 Å². The number of H-pyrrole nitrogens is 1. The lowest BCUT2D eigenvalue weighted by Crippen LogP contribution is -2.52. The van der Waals surface area contributed by atoms with Gasteiger partial charge in [0.15, 0.2) is 0 Å². The van der Waals surface area contributed by atoms with Crippen LogP contribution >= 0.6 is 11.8 Å². The average Bonchev–Trinajstić information content (AvgIpc) is 3.34. The van der Waals surface area contributed by atoms with Crippen molar-refractivity contribution < 1.29 is 14.7 Å². The molecular weight excluding hydrogens is 472 g/mol. The molecule has 2 aliphatic rings. The number of thioether (sulfide) groups is 1. The molecule has 3 N–H and O–H groups in total. The lowest BCUT2D eigenvalue weighted by atomic mass is 9.84. The summed E-state index contributed by atoms with van der Waals surface area (Å²) in [7, 11) is 0. The number of hydrogen-bond acceptors (Lipinski definition) is 4. The highest BCUT2D eigenvalue weighted by molar-refractivity contribution is 7.98. The summed E-state index contributed by atoms with van der Waals surface area (Å²) in [6.45, 7) is 2.73. The van der Waals surface area contributed by atoms with Gasteiger partial charge in [0, 0.05) is 40.8 Å². The van der Waals surface area contributed by atoms with Crippen molar-refractivity contribution in [1.29, 1.82) is 0 Å². The summed E-state index contributed by atoms with van der Waals surface area (Å²) in [4.78, 5) is 33.6. The number of para-hydroxylation sites is 1. The molecule has 5 rings (SSSR count). The van der Waals surface area contributed by atoms with Gasteiger partial charge >= 0.3 is 12.0 Å². The molecule has 0 radical (unpaired) electrons. The zero-order valence-electron chi connectivity index (χ0n) is 20.7. The Labute approximate surface area is 216 Å². The molecule has 1 aromatic heterocycles. The Bertz CT molecular complexity index is 1190. The van der Waals surface area contributed by atoms with E-state index in [0.29, 0.717) is 31.8 Å². The molecule has 2 saturated heterocycles. The number of aromatic amines is 1. The Balaban J connectivity index is 1.16. The number of amides is 2. The first kappa shape index (κ1) is 24.7. The third-order valence-corrected chi connectivity index (χ3v) is 8.60. The van der Waals surface area contributed by atoms with Crippen molar-refractivity contribution in [2.75, 3.05) is 37.8 Å². The second-order valence-electron chi connectivity index (χ2n) is 9.87.